The first kappa shape index (κ1) is 20.4. The zero-order valence-corrected chi connectivity index (χ0v) is 18.0. The maximum Gasteiger partial charge on any atom is 0.233 e. The normalized spacial score (nSPS) is 16.5. The number of rotatable bonds is 6. The van der Waals surface area contributed by atoms with Gasteiger partial charge in [0.1, 0.15) is 5.75 Å². The van der Waals surface area contributed by atoms with Crippen LogP contribution in [-0.4, -0.2) is 56.5 Å². The molecule has 0 unspecified atom stereocenters. The number of benzene rings is 1. The molecule has 0 saturated carbocycles. The number of ether oxygens (including phenoxy) is 1. The fourth-order valence-electron chi connectivity index (χ4n) is 3.72. The Morgan fingerprint density at radius 2 is 2.00 bits per heavy atom. The second kappa shape index (κ2) is 9.30. The van der Waals surface area contributed by atoms with Gasteiger partial charge in [0.05, 0.1) is 18.6 Å². The molecule has 7 nitrogen and oxygen atoms in total. The Morgan fingerprint density at radius 3 is 2.77 bits per heavy atom. The standard InChI is InChI=1S/C22H25N5O2S/c1-16-6-5-13-26(14-16)20(28)15-30-22-25-24-21(17-9-11-23-12-10-17)27(22)18-7-3-4-8-19(18)29-2/h3-4,7-12,16H,5-6,13-15H2,1-2H3/t16-/m0/s1. The predicted octanol–water partition coefficient (Wildman–Crippen LogP) is 3.69. The molecular formula is C22H25N5O2S. The molecule has 8 heteroatoms. The van der Waals surface area contributed by atoms with E-state index in [-0.39, 0.29) is 5.91 Å². The quantitative estimate of drug-likeness (QED) is 0.563. The third-order valence-corrected chi connectivity index (χ3v) is 6.15. The summed E-state index contributed by atoms with van der Waals surface area (Å²) in [5, 5.41) is 9.49. The van der Waals surface area contributed by atoms with E-state index in [2.05, 4.69) is 22.1 Å². The molecule has 1 aromatic carbocycles. The van der Waals surface area contributed by atoms with Gasteiger partial charge in [0.2, 0.25) is 5.91 Å². The van der Waals surface area contributed by atoms with Crippen molar-refractivity contribution in [2.24, 2.45) is 5.92 Å². The minimum atomic E-state index is 0.145. The van der Waals surface area contributed by atoms with E-state index in [1.54, 1.807) is 19.5 Å². The number of carbonyl (C=O) groups is 1. The first-order valence-electron chi connectivity index (χ1n) is 10.1. The largest absolute Gasteiger partial charge is 0.495 e. The Balaban J connectivity index is 1.65. The van der Waals surface area contributed by atoms with Crippen molar-refractivity contribution in [1.29, 1.82) is 0 Å². The molecule has 30 heavy (non-hydrogen) atoms. The van der Waals surface area contributed by atoms with Crippen LogP contribution in [0, 0.1) is 5.92 Å². The van der Waals surface area contributed by atoms with Crippen LogP contribution in [0.25, 0.3) is 17.1 Å². The van der Waals surface area contributed by atoms with Crippen LogP contribution < -0.4 is 4.74 Å². The molecule has 0 N–H and O–H groups in total. The zero-order chi connectivity index (χ0) is 20.9. The first-order valence-corrected chi connectivity index (χ1v) is 11.1. The second-order valence-corrected chi connectivity index (χ2v) is 8.37. The minimum Gasteiger partial charge on any atom is -0.495 e. The number of hydrogen-bond donors (Lipinski definition) is 0. The SMILES string of the molecule is COc1ccccc1-n1c(SCC(=O)N2CCC[C@H](C)C2)nnc1-c1ccncc1. The van der Waals surface area contributed by atoms with Gasteiger partial charge >= 0.3 is 0 Å². The number of pyridine rings is 1. The lowest BCUT2D eigenvalue weighted by molar-refractivity contribution is -0.130. The van der Waals surface area contributed by atoms with Gasteiger partial charge in [-0.05, 0) is 43.0 Å². The number of methoxy groups -OCH3 is 1. The van der Waals surface area contributed by atoms with Gasteiger partial charge in [0.25, 0.3) is 0 Å². The molecule has 156 valence electrons. The Bertz CT molecular complexity index is 1010. The number of likely N-dealkylation sites (tertiary alicyclic amines) is 1. The van der Waals surface area contributed by atoms with E-state index in [1.807, 2.05) is 45.9 Å². The van der Waals surface area contributed by atoms with Crippen LogP contribution in [0.1, 0.15) is 19.8 Å². The van der Waals surface area contributed by atoms with E-state index in [0.29, 0.717) is 28.4 Å². The zero-order valence-electron chi connectivity index (χ0n) is 17.2. The summed E-state index contributed by atoms with van der Waals surface area (Å²) in [6.45, 7) is 3.87. The summed E-state index contributed by atoms with van der Waals surface area (Å²) in [4.78, 5) is 18.8. The van der Waals surface area contributed by atoms with Crippen LogP contribution in [0.15, 0.2) is 53.9 Å². The van der Waals surface area contributed by atoms with Gasteiger partial charge < -0.3 is 9.64 Å². The van der Waals surface area contributed by atoms with Crippen molar-refractivity contribution in [2.75, 3.05) is 26.0 Å². The molecule has 3 aromatic rings. The van der Waals surface area contributed by atoms with Crippen LogP contribution in [0.2, 0.25) is 0 Å². The maximum atomic E-state index is 12.8. The molecular weight excluding hydrogens is 398 g/mol. The summed E-state index contributed by atoms with van der Waals surface area (Å²) in [5.41, 5.74) is 1.73. The van der Waals surface area contributed by atoms with Crippen LogP contribution >= 0.6 is 11.8 Å². The van der Waals surface area contributed by atoms with Crippen molar-refractivity contribution in [3.63, 3.8) is 0 Å². The van der Waals surface area contributed by atoms with Gasteiger partial charge in [-0.15, -0.1) is 10.2 Å². The van der Waals surface area contributed by atoms with Crippen molar-refractivity contribution in [1.82, 2.24) is 24.6 Å². The number of hydrogen-bond acceptors (Lipinski definition) is 6. The van der Waals surface area contributed by atoms with Crippen LogP contribution in [0.4, 0.5) is 0 Å². The molecule has 0 bridgehead atoms. The smallest absolute Gasteiger partial charge is 0.233 e. The number of nitrogens with zero attached hydrogens (tertiary/aromatic N) is 5. The summed E-state index contributed by atoms with van der Waals surface area (Å²) in [5.74, 6) is 2.43. The summed E-state index contributed by atoms with van der Waals surface area (Å²) >= 11 is 1.41. The minimum absolute atomic E-state index is 0.145. The van der Waals surface area contributed by atoms with E-state index in [4.69, 9.17) is 4.74 Å². The highest BCUT2D eigenvalue weighted by molar-refractivity contribution is 7.99. The molecule has 2 aromatic heterocycles. The molecule has 1 saturated heterocycles. The lowest BCUT2D eigenvalue weighted by Gasteiger charge is -2.30. The average Bonchev–Trinajstić information content (AvgIpc) is 3.21. The van der Waals surface area contributed by atoms with Gasteiger partial charge in [-0.25, -0.2) is 0 Å². The molecule has 0 aliphatic carbocycles. The highest BCUT2D eigenvalue weighted by Gasteiger charge is 2.23. The van der Waals surface area contributed by atoms with Crippen LogP contribution in [0.5, 0.6) is 5.75 Å². The topological polar surface area (TPSA) is 73.1 Å². The predicted molar refractivity (Wildman–Crippen MR) is 117 cm³/mol. The summed E-state index contributed by atoms with van der Waals surface area (Å²) in [7, 11) is 1.64. The van der Waals surface area contributed by atoms with Crippen molar-refractivity contribution in [3.8, 4) is 22.8 Å². The van der Waals surface area contributed by atoms with Crippen LogP contribution in [-0.2, 0) is 4.79 Å². The number of amides is 1. The maximum absolute atomic E-state index is 12.8. The molecule has 1 aliphatic heterocycles. The molecule has 1 fully saturated rings. The molecule has 1 atom stereocenters. The number of piperidine rings is 1. The molecule has 0 spiro atoms. The summed E-state index contributed by atoms with van der Waals surface area (Å²) in [6, 6.07) is 11.5. The van der Waals surface area contributed by atoms with Gasteiger partial charge in [0, 0.05) is 31.0 Å². The average molecular weight is 424 g/mol. The molecule has 1 amide bonds. The van der Waals surface area contributed by atoms with Gasteiger partial charge in [0.15, 0.2) is 11.0 Å². The Labute approximate surface area is 180 Å². The first-order chi connectivity index (χ1) is 14.7. The van der Waals surface area contributed by atoms with Crippen molar-refractivity contribution < 1.29 is 9.53 Å². The van der Waals surface area contributed by atoms with Gasteiger partial charge in [-0.3, -0.25) is 14.3 Å². The lowest BCUT2D eigenvalue weighted by Crippen LogP contribution is -2.40. The van der Waals surface area contributed by atoms with Crippen molar-refractivity contribution in [3.05, 3.63) is 48.8 Å². The number of thioether (sulfide) groups is 1. The third-order valence-electron chi connectivity index (χ3n) is 5.23. The highest BCUT2D eigenvalue weighted by Crippen LogP contribution is 2.32. The number of aromatic nitrogens is 4. The lowest BCUT2D eigenvalue weighted by atomic mass is 10.0. The molecule has 0 radical (unpaired) electrons. The number of carbonyl (C=O) groups excluding carboxylic acids is 1. The number of para-hydroxylation sites is 2. The Kier molecular flexibility index (Phi) is 6.32. The van der Waals surface area contributed by atoms with Crippen molar-refractivity contribution >= 4 is 17.7 Å². The van der Waals surface area contributed by atoms with E-state index >= 15 is 0 Å². The fraction of sp³-hybridized carbons (Fsp3) is 0.364. The molecule has 1 aliphatic rings. The van der Waals surface area contributed by atoms with Gasteiger partial charge in [-0.2, -0.15) is 0 Å². The van der Waals surface area contributed by atoms with E-state index < -0.39 is 0 Å². The van der Waals surface area contributed by atoms with E-state index in [1.165, 1.54) is 18.2 Å². The van der Waals surface area contributed by atoms with Crippen molar-refractivity contribution in [2.45, 2.75) is 24.9 Å². The molecule has 3 heterocycles. The highest BCUT2D eigenvalue weighted by atomic mass is 32.2. The Hall–Kier alpha value is -2.87. The summed E-state index contributed by atoms with van der Waals surface area (Å²) < 4.78 is 7.52. The monoisotopic (exact) mass is 423 g/mol. The van der Waals surface area contributed by atoms with Crippen LogP contribution in [0.3, 0.4) is 0 Å². The van der Waals surface area contributed by atoms with E-state index in [9.17, 15) is 4.79 Å². The fourth-order valence-corrected chi connectivity index (χ4v) is 4.56. The molecule has 4 rings (SSSR count). The van der Waals surface area contributed by atoms with E-state index in [0.717, 1.165) is 30.8 Å². The summed E-state index contributed by atoms with van der Waals surface area (Å²) in [6.07, 6.45) is 5.71. The second-order valence-electron chi connectivity index (χ2n) is 7.43. The third kappa shape index (κ3) is 4.33. The van der Waals surface area contributed by atoms with Gasteiger partial charge in [-0.1, -0.05) is 30.8 Å². The Morgan fingerprint density at radius 1 is 1.20 bits per heavy atom.